The zero-order chi connectivity index (χ0) is 15.8. The van der Waals surface area contributed by atoms with Gasteiger partial charge in [-0.3, -0.25) is 0 Å². The van der Waals surface area contributed by atoms with Gasteiger partial charge in [-0.15, -0.1) is 0 Å². The Morgan fingerprint density at radius 1 is 1.38 bits per heavy atom. The molecule has 1 aromatic rings. The van der Waals surface area contributed by atoms with Crippen molar-refractivity contribution in [2.45, 2.75) is 38.4 Å². The highest BCUT2D eigenvalue weighted by Gasteiger charge is 2.46. The van der Waals surface area contributed by atoms with E-state index < -0.39 is 24.0 Å². The lowest BCUT2D eigenvalue weighted by Gasteiger charge is -2.36. The maximum absolute atomic E-state index is 13.9. The number of hydrogen-bond acceptors (Lipinski definition) is 2. The van der Waals surface area contributed by atoms with Crippen LogP contribution in [-0.2, 0) is 0 Å². The number of nitrogens with two attached hydrogens (primary N) is 1. The van der Waals surface area contributed by atoms with Crippen LogP contribution < -0.4 is 11.1 Å². The molecule has 1 atom stereocenters. The van der Waals surface area contributed by atoms with Crippen molar-refractivity contribution >= 4 is 11.4 Å². The van der Waals surface area contributed by atoms with E-state index in [2.05, 4.69) is 11.9 Å². The summed E-state index contributed by atoms with van der Waals surface area (Å²) in [6.07, 6.45) is -2.48. The predicted molar refractivity (Wildman–Crippen MR) is 75.2 cm³/mol. The van der Waals surface area contributed by atoms with Crippen LogP contribution in [0.1, 0.15) is 30.4 Å². The number of benzene rings is 1. The molecule has 0 aromatic heterocycles. The van der Waals surface area contributed by atoms with Crippen LogP contribution in [0.25, 0.3) is 5.70 Å². The Hall–Kier alpha value is -1.72. The van der Waals surface area contributed by atoms with Gasteiger partial charge in [0, 0.05) is 16.9 Å². The molecule has 21 heavy (non-hydrogen) atoms. The zero-order valence-corrected chi connectivity index (χ0v) is 11.7. The molecule has 0 amide bonds. The summed E-state index contributed by atoms with van der Waals surface area (Å²) in [5.41, 5.74) is 6.26. The smallest absolute Gasteiger partial charge is 0.399 e. The minimum atomic E-state index is -4.36. The first-order valence-electron chi connectivity index (χ1n) is 6.78. The van der Waals surface area contributed by atoms with Gasteiger partial charge in [-0.2, -0.15) is 13.2 Å². The standard InChI is InChI=1S/C15H18F4N2/c1-8-6-11(7-12(16)13(8)9(2)20)21-14(15(17,18)19)10-4-3-5-10/h6-7,10,14,21H,2-5,20H2,1H3. The summed E-state index contributed by atoms with van der Waals surface area (Å²) in [7, 11) is 0. The fraction of sp³-hybridized carbons (Fsp3) is 0.467. The molecule has 0 saturated heterocycles. The normalized spacial score (nSPS) is 17.2. The van der Waals surface area contributed by atoms with Gasteiger partial charge in [-0.1, -0.05) is 13.0 Å². The lowest BCUT2D eigenvalue weighted by molar-refractivity contribution is -0.159. The van der Waals surface area contributed by atoms with E-state index in [0.717, 1.165) is 12.5 Å². The molecule has 0 heterocycles. The molecular formula is C15H18F4N2. The van der Waals surface area contributed by atoms with Gasteiger partial charge >= 0.3 is 6.18 Å². The molecule has 2 nitrogen and oxygen atoms in total. The van der Waals surface area contributed by atoms with Crippen LogP contribution in [0.15, 0.2) is 18.7 Å². The molecular weight excluding hydrogens is 284 g/mol. The van der Waals surface area contributed by atoms with Crippen LogP contribution in [0.4, 0.5) is 23.2 Å². The second-order valence-electron chi connectivity index (χ2n) is 5.53. The van der Waals surface area contributed by atoms with Gasteiger partial charge in [0.05, 0.1) is 0 Å². The highest BCUT2D eigenvalue weighted by Crippen LogP contribution is 2.39. The zero-order valence-electron chi connectivity index (χ0n) is 11.7. The van der Waals surface area contributed by atoms with Crippen molar-refractivity contribution in [1.29, 1.82) is 0 Å². The molecule has 1 unspecified atom stereocenters. The molecule has 6 heteroatoms. The van der Waals surface area contributed by atoms with Gasteiger partial charge in [-0.25, -0.2) is 4.39 Å². The Morgan fingerprint density at radius 2 is 2.00 bits per heavy atom. The third-order valence-corrected chi connectivity index (χ3v) is 3.90. The fourth-order valence-corrected chi connectivity index (χ4v) is 2.65. The SMILES string of the molecule is C=C(N)c1c(C)cc(NC(C2CCC2)C(F)(F)F)cc1F. The number of rotatable bonds is 4. The fourth-order valence-electron chi connectivity index (χ4n) is 2.65. The largest absolute Gasteiger partial charge is 0.408 e. The molecule has 116 valence electrons. The molecule has 1 aliphatic carbocycles. The van der Waals surface area contributed by atoms with E-state index >= 15 is 0 Å². The number of halogens is 4. The monoisotopic (exact) mass is 302 g/mol. The minimum absolute atomic E-state index is 0.0583. The quantitative estimate of drug-likeness (QED) is 0.818. The number of nitrogens with one attached hydrogen (secondary N) is 1. The maximum atomic E-state index is 13.9. The average molecular weight is 302 g/mol. The number of hydrogen-bond donors (Lipinski definition) is 2. The third kappa shape index (κ3) is 3.31. The van der Waals surface area contributed by atoms with Gasteiger partial charge < -0.3 is 11.1 Å². The average Bonchev–Trinajstić information content (AvgIpc) is 2.22. The van der Waals surface area contributed by atoms with Crippen molar-refractivity contribution in [2.24, 2.45) is 11.7 Å². The Balaban J connectivity index is 2.27. The molecule has 0 radical (unpaired) electrons. The van der Waals surface area contributed by atoms with Crippen molar-refractivity contribution in [3.8, 4) is 0 Å². The Labute approximate surface area is 121 Å². The summed E-state index contributed by atoms with van der Waals surface area (Å²) < 4.78 is 53.2. The van der Waals surface area contributed by atoms with E-state index in [0.29, 0.717) is 18.4 Å². The topological polar surface area (TPSA) is 38.0 Å². The van der Waals surface area contributed by atoms with E-state index in [-0.39, 0.29) is 16.9 Å². The number of aryl methyl sites for hydroxylation is 1. The van der Waals surface area contributed by atoms with E-state index in [1.165, 1.54) is 6.07 Å². The first-order chi connectivity index (χ1) is 9.70. The van der Waals surface area contributed by atoms with Crippen molar-refractivity contribution in [1.82, 2.24) is 0 Å². The van der Waals surface area contributed by atoms with Gasteiger partial charge in [-0.05, 0) is 43.4 Å². The molecule has 0 aliphatic heterocycles. The molecule has 0 spiro atoms. The highest BCUT2D eigenvalue weighted by atomic mass is 19.4. The first-order valence-corrected chi connectivity index (χ1v) is 6.78. The minimum Gasteiger partial charge on any atom is -0.399 e. The predicted octanol–water partition coefficient (Wildman–Crippen LogP) is 4.21. The summed E-state index contributed by atoms with van der Waals surface area (Å²) >= 11 is 0. The van der Waals surface area contributed by atoms with E-state index in [1.807, 2.05) is 0 Å². The lowest BCUT2D eigenvalue weighted by Crippen LogP contribution is -2.45. The Morgan fingerprint density at radius 3 is 2.38 bits per heavy atom. The van der Waals surface area contributed by atoms with Crippen LogP contribution in [0.3, 0.4) is 0 Å². The van der Waals surface area contributed by atoms with Gasteiger partial charge in [0.15, 0.2) is 0 Å². The van der Waals surface area contributed by atoms with Crippen LogP contribution in [0, 0.1) is 18.7 Å². The summed E-state index contributed by atoms with van der Waals surface area (Å²) in [5.74, 6) is -1.11. The molecule has 1 aromatic carbocycles. The van der Waals surface area contributed by atoms with Crippen LogP contribution in [0.5, 0.6) is 0 Å². The third-order valence-electron chi connectivity index (χ3n) is 3.90. The highest BCUT2D eigenvalue weighted by molar-refractivity contribution is 5.67. The Kier molecular flexibility index (Phi) is 4.16. The second-order valence-corrected chi connectivity index (χ2v) is 5.53. The van der Waals surface area contributed by atoms with Crippen LogP contribution in [-0.4, -0.2) is 12.2 Å². The summed E-state index contributed by atoms with van der Waals surface area (Å²) in [4.78, 5) is 0. The van der Waals surface area contributed by atoms with Crippen molar-refractivity contribution in [3.05, 3.63) is 35.7 Å². The summed E-state index contributed by atoms with van der Waals surface area (Å²) in [6.45, 7) is 5.06. The molecule has 2 rings (SSSR count). The van der Waals surface area contributed by atoms with E-state index in [1.54, 1.807) is 6.92 Å². The van der Waals surface area contributed by atoms with Gasteiger partial charge in [0.25, 0.3) is 0 Å². The Bertz CT molecular complexity index is 524. The van der Waals surface area contributed by atoms with Crippen molar-refractivity contribution in [3.63, 3.8) is 0 Å². The van der Waals surface area contributed by atoms with Gasteiger partial charge in [0.1, 0.15) is 11.9 Å². The molecule has 3 N–H and O–H groups in total. The van der Waals surface area contributed by atoms with E-state index in [4.69, 9.17) is 5.73 Å². The van der Waals surface area contributed by atoms with Crippen LogP contribution >= 0.6 is 0 Å². The molecule has 1 fully saturated rings. The number of alkyl halides is 3. The number of anilines is 1. The van der Waals surface area contributed by atoms with Crippen LogP contribution in [0.2, 0.25) is 0 Å². The van der Waals surface area contributed by atoms with E-state index in [9.17, 15) is 17.6 Å². The van der Waals surface area contributed by atoms with Gasteiger partial charge in [0.2, 0.25) is 0 Å². The lowest BCUT2D eigenvalue weighted by atomic mass is 9.79. The first kappa shape index (κ1) is 15.7. The second kappa shape index (κ2) is 5.58. The summed E-state index contributed by atoms with van der Waals surface area (Å²) in [6, 6.07) is 0.864. The molecule has 1 aliphatic rings. The molecule has 0 bridgehead atoms. The van der Waals surface area contributed by atoms with Crippen molar-refractivity contribution < 1.29 is 17.6 Å². The summed E-state index contributed by atoms with van der Waals surface area (Å²) in [5, 5.41) is 2.43. The van der Waals surface area contributed by atoms with Crippen molar-refractivity contribution in [2.75, 3.05) is 5.32 Å². The maximum Gasteiger partial charge on any atom is 0.408 e. The molecule has 1 saturated carbocycles.